The highest BCUT2D eigenvalue weighted by Crippen LogP contribution is 2.33. The standard InChI is InChI=1S/C18H23N5O2.ClH/c1-22-9-10-25-17-5-4-13(11-16(17)22)20-18(24)15-6-8-23(21-15)14-3-2-7-19-12-14;/h4-6,8,11,14,19H,2-3,7,9-10,12H2,1H3,(H,20,24);1H. The van der Waals surface area contributed by atoms with Gasteiger partial charge in [-0.05, 0) is 43.7 Å². The number of benzene rings is 1. The summed E-state index contributed by atoms with van der Waals surface area (Å²) in [7, 11) is 2.02. The Bertz CT molecular complexity index is 773. The van der Waals surface area contributed by atoms with Gasteiger partial charge in [-0.15, -0.1) is 12.4 Å². The third-order valence-electron chi connectivity index (χ3n) is 4.80. The number of hydrogen-bond donors (Lipinski definition) is 2. The summed E-state index contributed by atoms with van der Waals surface area (Å²) in [5.41, 5.74) is 2.17. The van der Waals surface area contributed by atoms with Crippen LogP contribution in [0.2, 0.25) is 0 Å². The van der Waals surface area contributed by atoms with Crippen LogP contribution in [0.5, 0.6) is 5.75 Å². The number of aromatic nitrogens is 2. The average molecular weight is 378 g/mol. The van der Waals surface area contributed by atoms with Crippen LogP contribution in [-0.2, 0) is 0 Å². The van der Waals surface area contributed by atoms with Gasteiger partial charge in [-0.25, -0.2) is 0 Å². The molecule has 1 unspecified atom stereocenters. The number of fused-ring (bicyclic) bond motifs is 1. The molecule has 8 heteroatoms. The van der Waals surface area contributed by atoms with Crippen molar-refractivity contribution >= 4 is 29.7 Å². The fraction of sp³-hybridized carbons (Fsp3) is 0.444. The maximum absolute atomic E-state index is 12.5. The highest BCUT2D eigenvalue weighted by molar-refractivity contribution is 6.03. The lowest BCUT2D eigenvalue weighted by Crippen LogP contribution is -2.32. The van der Waals surface area contributed by atoms with Crippen molar-refractivity contribution in [1.29, 1.82) is 0 Å². The lowest BCUT2D eigenvalue weighted by molar-refractivity contribution is 0.102. The number of rotatable bonds is 3. The van der Waals surface area contributed by atoms with Gasteiger partial charge in [-0.2, -0.15) is 5.10 Å². The second-order valence-corrected chi connectivity index (χ2v) is 6.59. The maximum atomic E-state index is 12.5. The van der Waals surface area contributed by atoms with Gasteiger partial charge < -0.3 is 20.3 Å². The molecule has 26 heavy (non-hydrogen) atoms. The number of carbonyl (C=O) groups excluding carboxylic acids is 1. The van der Waals surface area contributed by atoms with Crippen LogP contribution in [-0.4, -0.2) is 49.0 Å². The number of likely N-dealkylation sites (N-methyl/N-ethyl adjacent to an activating group) is 1. The van der Waals surface area contributed by atoms with Crippen LogP contribution in [0.25, 0.3) is 0 Å². The molecule has 140 valence electrons. The Labute approximate surface area is 159 Å². The van der Waals surface area contributed by atoms with E-state index in [1.807, 2.05) is 36.1 Å². The molecule has 1 aromatic heterocycles. The van der Waals surface area contributed by atoms with Crippen LogP contribution >= 0.6 is 12.4 Å². The molecule has 2 aliphatic rings. The largest absolute Gasteiger partial charge is 0.490 e. The zero-order valence-electron chi connectivity index (χ0n) is 14.8. The van der Waals surface area contributed by atoms with Gasteiger partial charge >= 0.3 is 0 Å². The van der Waals surface area contributed by atoms with E-state index in [1.165, 1.54) is 0 Å². The number of piperidine rings is 1. The van der Waals surface area contributed by atoms with E-state index in [2.05, 4.69) is 20.6 Å². The molecule has 4 rings (SSSR count). The molecule has 2 aromatic rings. The third kappa shape index (κ3) is 3.78. The average Bonchev–Trinajstić information content (AvgIpc) is 3.13. The summed E-state index contributed by atoms with van der Waals surface area (Å²) in [4.78, 5) is 14.6. The van der Waals surface area contributed by atoms with Crippen molar-refractivity contribution in [3.8, 4) is 5.75 Å². The molecule has 0 bridgehead atoms. The number of halogens is 1. The number of amides is 1. The molecule has 1 amide bonds. The van der Waals surface area contributed by atoms with Crippen molar-refractivity contribution in [1.82, 2.24) is 15.1 Å². The van der Waals surface area contributed by atoms with E-state index >= 15 is 0 Å². The molecule has 7 nitrogen and oxygen atoms in total. The molecule has 1 saturated heterocycles. The Morgan fingerprint density at radius 1 is 1.38 bits per heavy atom. The summed E-state index contributed by atoms with van der Waals surface area (Å²) in [6.45, 7) is 3.48. The fourth-order valence-corrected chi connectivity index (χ4v) is 3.35. The Morgan fingerprint density at radius 3 is 3.08 bits per heavy atom. The summed E-state index contributed by atoms with van der Waals surface area (Å²) in [6.07, 6.45) is 4.12. The molecule has 2 aliphatic heterocycles. The zero-order chi connectivity index (χ0) is 17.2. The van der Waals surface area contributed by atoms with Crippen LogP contribution in [0.15, 0.2) is 30.5 Å². The van der Waals surface area contributed by atoms with E-state index in [1.54, 1.807) is 6.07 Å². The van der Waals surface area contributed by atoms with Gasteiger partial charge in [0.2, 0.25) is 0 Å². The minimum Gasteiger partial charge on any atom is -0.490 e. The van der Waals surface area contributed by atoms with Crippen molar-refractivity contribution in [2.75, 3.05) is 43.5 Å². The fourth-order valence-electron chi connectivity index (χ4n) is 3.35. The first kappa shape index (κ1) is 18.5. The minimum absolute atomic E-state index is 0. The van der Waals surface area contributed by atoms with Gasteiger partial charge in [0.05, 0.1) is 18.3 Å². The van der Waals surface area contributed by atoms with E-state index < -0.39 is 0 Å². The minimum atomic E-state index is -0.193. The van der Waals surface area contributed by atoms with Crippen LogP contribution in [0.4, 0.5) is 11.4 Å². The second kappa shape index (κ2) is 7.97. The van der Waals surface area contributed by atoms with E-state index in [9.17, 15) is 4.79 Å². The first-order valence-electron chi connectivity index (χ1n) is 8.76. The van der Waals surface area contributed by atoms with Gasteiger partial charge in [0.25, 0.3) is 5.91 Å². The summed E-state index contributed by atoms with van der Waals surface area (Å²) in [5.74, 6) is 0.655. The number of nitrogens with one attached hydrogen (secondary N) is 2. The van der Waals surface area contributed by atoms with Crippen LogP contribution in [0.3, 0.4) is 0 Å². The SMILES string of the molecule is CN1CCOc2ccc(NC(=O)c3ccn(C4CCCNC4)n3)cc21.Cl. The molecule has 1 aromatic carbocycles. The molecule has 2 N–H and O–H groups in total. The van der Waals surface area contributed by atoms with Crippen molar-refractivity contribution in [3.05, 3.63) is 36.2 Å². The van der Waals surface area contributed by atoms with E-state index in [0.29, 0.717) is 18.3 Å². The Hall–Kier alpha value is -2.25. The maximum Gasteiger partial charge on any atom is 0.276 e. The zero-order valence-corrected chi connectivity index (χ0v) is 15.6. The van der Waals surface area contributed by atoms with Crippen molar-refractivity contribution in [2.45, 2.75) is 18.9 Å². The summed E-state index contributed by atoms with van der Waals surface area (Å²) >= 11 is 0. The first-order chi connectivity index (χ1) is 12.2. The molecular formula is C18H24ClN5O2. The summed E-state index contributed by atoms with van der Waals surface area (Å²) in [6, 6.07) is 7.79. The van der Waals surface area contributed by atoms with E-state index in [0.717, 1.165) is 49.6 Å². The second-order valence-electron chi connectivity index (χ2n) is 6.59. The third-order valence-corrected chi connectivity index (χ3v) is 4.80. The van der Waals surface area contributed by atoms with Gasteiger partial charge in [0.15, 0.2) is 5.69 Å². The molecule has 0 saturated carbocycles. The summed E-state index contributed by atoms with van der Waals surface area (Å²) < 4.78 is 7.53. The number of hydrogen-bond acceptors (Lipinski definition) is 5. The molecule has 1 atom stereocenters. The van der Waals surface area contributed by atoms with Crippen LogP contribution in [0.1, 0.15) is 29.4 Å². The van der Waals surface area contributed by atoms with Gasteiger partial charge in [0, 0.05) is 25.5 Å². The number of nitrogens with zero attached hydrogens (tertiary/aromatic N) is 3. The lowest BCUT2D eigenvalue weighted by atomic mass is 10.1. The molecule has 1 fully saturated rings. The monoisotopic (exact) mass is 377 g/mol. The van der Waals surface area contributed by atoms with E-state index in [4.69, 9.17) is 4.74 Å². The molecule has 0 spiro atoms. The number of anilines is 2. The topological polar surface area (TPSA) is 71.4 Å². The van der Waals surface area contributed by atoms with Crippen molar-refractivity contribution in [2.24, 2.45) is 0 Å². The summed E-state index contributed by atoms with van der Waals surface area (Å²) in [5, 5.41) is 10.8. The van der Waals surface area contributed by atoms with Crippen molar-refractivity contribution in [3.63, 3.8) is 0 Å². The predicted octanol–water partition coefficient (Wildman–Crippen LogP) is 2.31. The van der Waals surface area contributed by atoms with E-state index in [-0.39, 0.29) is 18.3 Å². The quantitative estimate of drug-likeness (QED) is 0.858. The Balaban J connectivity index is 0.00000196. The number of ether oxygens (including phenoxy) is 1. The lowest BCUT2D eigenvalue weighted by Gasteiger charge is -2.28. The number of carbonyl (C=O) groups is 1. The Kier molecular flexibility index (Phi) is 5.68. The van der Waals surface area contributed by atoms with Crippen LogP contribution in [0, 0.1) is 0 Å². The molecule has 3 heterocycles. The Morgan fingerprint density at radius 2 is 2.27 bits per heavy atom. The predicted molar refractivity (Wildman–Crippen MR) is 104 cm³/mol. The highest BCUT2D eigenvalue weighted by Gasteiger charge is 2.19. The van der Waals surface area contributed by atoms with Crippen molar-refractivity contribution < 1.29 is 9.53 Å². The normalized spacial score (nSPS) is 19.1. The first-order valence-corrected chi connectivity index (χ1v) is 8.76. The van der Waals surface area contributed by atoms with Gasteiger partial charge in [-0.3, -0.25) is 9.48 Å². The molecule has 0 aliphatic carbocycles. The highest BCUT2D eigenvalue weighted by atomic mass is 35.5. The van der Waals surface area contributed by atoms with Gasteiger partial charge in [-0.1, -0.05) is 0 Å². The molecular weight excluding hydrogens is 354 g/mol. The van der Waals surface area contributed by atoms with Crippen LogP contribution < -0.4 is 20.3 Å². The molecule has 0 radical (unpaired) electrons. The van der Waals surface area contributed by atoms with Gasteiger partial charge in [0.1, 0.15) is 12.4 Å². The smallest absolute Gasteiger partial charge is 0.276 e.